The van der Waals surface area contributed by atoms with Crippen molar-refractivity contribution in [2.75, 3.05) is 7.11 Å². The minimum Gasteiger partial charge on any atom is -0.497 e. The molecule has 0 saturated carbocycles. The van der Waals surface area contributed by atoms with Gasteiger partial charge in [0.2, 0.25) is 5.90 Å². The number of para-hydroxylation sites is 2. The predicted molar refractivity (Wildman–Crippen MR) is 108 cm³/mol. The summed E-state index contributed by atoms with van der Waals surface area (Å²) in [6.07, 6.45) is 1.64. The fraction of sp³-hybridized carbons (Fsp3) is 0.0870. The molecule has 0 bridgehead atoms. The Labute approximate surface area is 159 Å². The first kappa shape index (κ1) is 18.3. The second-order valence-corrected chi connectivity index (χ2v) is 5.77. The van der Waals surface area contributed by atoms with Crippen LogP contribution in [0.2, 0.25) is 0 Å². The molecule has 3 aromatic rings. The highest BCUT2D eigenvalue weighted by molar-refractivity contribution is 5.96. The largest absolute Gasteiger partial charge is 0.497 e. The van der Waals surface area contributed by atoms with Gasteiger partial charge < -0.3 is 14.2 Å². The van der Waals surface area contributed by atoms with E-state index in [2.05, 4.69) is 4.99 Å². The fourth-order valence-electron chi connectivity index (χ4n) is 2.29. The van der Waals surface area contributed by atoms with Crippen LogP contribution in [0, 0.1) is 0 Å². The normalized spacial score (nSPS) is 11.8. The molecule has 27 heavy (non-hydrogen) atoms. The molecule has 0 aliphatic rings. The monoisotopic (exact) mass is 359 g/mol. The summed E-state index contributed by atoms with van der Waals surface area (Å²) in [7, 11) is 1.62. The van der Waals surface area contributed by atoms with Crippen LogP contribution in [0.25, 0.3) is 0 Å². The Balaban J connectivity index is 1.88. The Kier molecular flexibility index (Phi) is 6.26. The summed E-state index contributed by atoms with van der Waals surface area (Å²) >= 11 is 0. The predicted octanol–water partition coefficient (Wildman–Crippen LogP) is 5.79. The van der Waals surface area contributed by atoms with E-state index < -0.39 is 0 Å². The van der Waals surface area contributed by atoms with Gasteiger partial charge in [0.1, 0.15) is 17.2 Å². The third-order valence-corrected chi connectivity index (χ3v) is 3.69. The van der Waals surface area contributed by atoms with E-state index in [4.69, 9.17) is 14.2 Å². The SMILES string of the molecule is COc1cccc(OC(=N/c2ccccc2)/C(C)=C/Oc2ccccc2)c1. The minimum absolute atomic E-state index is 0.449. The van der Waals surface area contributed by atoms with Crippen molar-refractivity contribution in [3.05, 3.63) is 96.8 Å². The summed E-state index contributed by atoms with van der Waals surface area (Å²) in [6, 6.07) is 26.6. The molecule has 0 aliphatic carbocycles. The molecule has 136 valence electrons. The molecule has 3 rings (SSSR count). The zero-order valence-electron chi connectivity index (χ0n) is 15.3. The lowest BCUT2D eigenvalue weighted by Crippen LogP contribution is -2.11. The molecule has 0 atom stereocenters. The van der Waals surface area contributed by atoms with Crippen LogP contribution in [-0.2, 0) is 0 Å². The summed E-state index contributed by atoms with van der Waals surface area (Å²) in [5.41, 5.74) is 1.55. The van der Waals surface area contributed by atoms with Gasteiger partial charge in [0.25, 0.3) is 0 Å². The van der Waals surface area contributed by atoms with Gasteiger partial charge in [-0.25, -0.2) is 4.99 Å². The third-order valence-electron chi connectivity index (χ3n) is 3.69. The lowest BCUT2D eigenvalue weighted by atomic mass is 10.3. The van der Waals surface area contributed by atoms with Crippen LogP contribution >= 0.6 is 0 Å². The highest BCUT2D eigenvalue weighted by atomic mass is 16.5. The first-order valence-corrected chi connectivity index (χ1v) is 8.59. The summed E-state index contributed by atoms with van der Waals surface area (Å²) in [5.74, 6) is 2.55. The van der Waals surface area contributed by atoms with E-state index in [1.807, 2.05) is 91.9 Å². The number of hydrogen-bond acceptors (Lipinski definition) is 4. The van der Waals surface area contributed by atoms with Crippen molar-refractivity contribution >= 4 is 11.6 Å². The smallest absolute Gasteiger partial charge is 0.225 e. The molecule has 0 unspecified atom stereocenters. The Hall–Kier alpha value is -3.53. The molecular weight excluding hydrogens is 338 g/mol. The molecular formula is C23H21NO3. The molecule has 0 fully saturated rings. The number of hydrogen-bond donors (Lipinski definition) is 0. The van der Waals surface area contributed by atoms with E-state index in [9.17, 15) is 0 Å². The van der Waals surface area contributed by atoms with E-state index in [0.29, 0.717) is 17.4 Å². The molecule has 0 spiro atoms. The lowest BCUT2D eigenvalue weighted by molar-refractivity contribution is 0.411. The van der Waals surface area contributed by atoms with Crippen molar-refractivity contribution in [1.82, 2.24) is 0 Å². The van der Waals surface area contributed by atoms with E-state index in [0.717, 1.165) is 17.0 Å². The number of rotatable bonds is 6. The molecule has 0 amide bonds. The van der Waals surface area contributed by atoms with Crippen LogP contribution < -0.4 is 14.2 Å². The van der Waals surface area contributed by atoms with Crippen LogP contribution in [0.1, 0.15) is 6.92 Å². The van der Waals surface area contributed by atoms with Gasteiger partial charge in [-0.2, -0.15) is 0 Å². The zero-order chi connectivity index (χ0) is 18.9. The average molecular weight is 359 g/mol. The van der Waals surface area contributed by atoms with Crippen LogP contribution in [0.15, 0.2) is 102 Å². The molecule has 0 radical (unpaired) electrons. The van der Waals surface area contributed by atoms with E-state index in [-0.39, 0.29) is 0 Å². The average Bonchev–Trinajstić information content (AvgIpc) is 2.73. The van der Waals surface area contributed by atoms with Gasteiger partial charge in [0, 0.05) is 11.6 Å². The van der Waals surface area contributed by atoms with Crippen molar-refractivity contribution < 1.29 is 14.2 Å². The first-order chi connectivity index (χ1) is 13.2. The Morgan fingerprint density at radius 2 is 1.41 bits per heavy atom. The summed E-state index contributed by atoms with van der Waals surface area (Å²) in [6.45, 7) is 1.89. The fourth-order valence-corrected chi connectivity index (χ4v) is 2.29. The van der Waals surface area contributed by atoms with Crippen LogP contribution in [-0.4, -0.2) is 13.0 Å². The number of methoxy groups -OCH3 is 1. The third kappa shape index (κ3) is 5.47. The van der Waals surface area contributed by atoms with E-state index >= 15 is 0 Å². The number of aliphatic imine (C=N–C) groups is 1. The summed E-state index contributed by atoms with van der Waals surface area (Å²) in [5, 5.41) is 0. The van der Waals surface area contributed by atoms with E-state index in [1.54, 1.807) is 13.4 Å². The highest BCUT2D eigenvalue weighted by Crippen LogP contribution is 2.22. The lowest BCUT2D eigenvalue weighted by Gasteiger charge is -2.11. The second kappa shape index (κ2) is 9.25. The van der Waals surface area contributed by atoms with Crippen molar-refractivity contribution in [2.24, 2.45) is 4.99 Å². The topological polar surface area (TPSA) is 40.0 Å². The minimum atomic E-state index is 0.449. The highest BCUT2D eigenvalue weighted by Gasteiger charge is 2.08. The molecule has 0 aliphatic heterocycles. The molecule has 4 nitrogen and oxygen atoms in total. The van der Waals surface area contributed by atoms with Gasteiger partial charge in [0.05, 0.1) is 19.1 Å². The van der Waals surface area contributed by atoms with Gasteiger partial charge in [0.15, 0.2) is 0 Å². The number of benzene rings is 3. The molecule has 0 saturated heterocycles. The van der Waals surface area contributed by atoms with Gasteiger partial charge in [-0.1, -0.05) is 42.5 Å². The van der Waals surface area contributed by atoms with Crippen LogP contribution in [0.5, 0.6) is 17.2 Å². The van der Waals surface area contributed by atoms with Crippen molar-refractivity contribution in [3.8, 4) is 17.2 Å². The van der Waals surface area contributed by atoms with Gasteiger partial charge >= 0.3 is 0 Å². The van der Waals surface area contributed by atoms with Crippen molar-refractivity contribution in [3.63, 3.8) is 0 Å². The van der Waals surface area contributed by atoms with Gasteiger partial charge in [-0.3, -0.25) is 0 Å². The van der Waals surface area contributed by atoms with Gasteiger partial charge in [-0.05, 0) is 43.3 Å². The maximum Gasteiger partial charge on any atom is 0.225 e. The van der Waals surface area contributed by atoms with E-state index in [1.165, 1.54) is 0 Å². The van der Waals surface area contributed by atoms with Crippen molar-refractivity contribution in [1.29, 1.82) is 0 Å². The molecule has 4 heteroatoms. The maximum atomic E-state index is 6.03. The molecule has 0 aromatic heterocycles. The Morgan fingerprint density at radius 3 is 2.11 bits per heavy atom. The summed E-state index contributed by atoms with van der Waals surface area (Å²) < 4.78 is 17.0. The maximum absolute atomic E-state index is 6.03. The molecule has 0 N–H and O–H groups in total. The molecule has 3 aromatic carbocycles. The Morgan fingerprint density at radius 1 is 0.778 bits per heavy atom. The first-order valence-electron chi connectivity index (χ1n) is 8.59. The zero-order valence-corrected chi connectivity index (χ0v) is 15.3. The second-order valence-electron chi connectivity index (χ2n) is 5.77. The van der Waals surface area contributed by atoms with Crippen LogP contribution in [0.4, 0.5) is 5.69 Å². The number of ether oxygens (including phenoxy) is 3. The number of nitrogens with zero attached hydrogens (tertiary/aromatic N) is 1. The quantitative estimate of drug-likeness (QED) is 0.318. The Bertz CT molecular complexity index is 919. The summed E-state index contributed by atoms with van der Waals surface area (Å²) in [4.78, 5) is 4.63. The standard InChI is InChI=1S/C23H21NO3/c1-18(17-26-20-12-7-4-8-13-20)23(24-19-10-5-3-6-11-19)27-22-15-9-14-21(16-22)25-2/h3-17H,1-2H3/b18-17+,24-23+. The van der Waals surface area contributed by atoms with Crippen LogP contribution in [0.3, 0.4) is 0 Å². The van der Waals surface area contributed by atoms with Gasteiger partial charge in [-0.15, -0.1) is 0 Å². The van der Waals surface area contributed by atoms with Crippen molar-refractivity contribution in [2.45, 2.75) is 6.92 Å². The molecule has 0 heterocycles.